The molecule has 1 aromatic heterocycles. The summed E-state index contributed by atoms with van der Waals surface area (Å²) in [5.41, 5.74) is -0.756. The van der Waals surface area contributed by atoms with Crippen molar-refractivity contribution in [1.29, 1.82) is 0 Å². The maximum absolute atomic E-state index is 15.4. The number of aliphatic hydroxyl groups is 2. The molecule has 0 amide bonds. The molecule has 186 valence electrons. The van der Waals surface area contributed by atoms with E-state index in [9.17, 15) is 18.6 Å². The van der Waals surface area contributed by atoms with Gasteiger partial charge in [0.25, 0.3) is 0 Å². The number of halogens is 1. The van der Waals surface area contributed by atoms with Gasteiger partial charge in [-0.3, -0.25) is 4.68 Å². The zero-order valence-electron chi connectivity index (χ0n) is 20.0. The molecule has 6 nitrogen and oxygen atoms in total. The van der Waals surface area contributed by atoms with Crippen molar-refractivity contribution in [3.63, 3.8) is 0 Å². The second-order valence-electron chi connectivity index (χ2n) is 12.2. The standard InChI is InChI=1S/C25H39FN2O4S/c1-24(30)8-6-17-16-7-9-25(2)20(18(16)10-22(26)19(17)11-24)4-5-21(25)23(29)14-28-13-15(12-27-28)33(3,31)32/h12-13,16-23,29-30H,4-11,14H2,1-3H3/t16-,17?,18?,19+,20+,21-,22-,23?,24-,25+/m1/s1. The molecule has 0 radical (unpaired) electrons. The van der Waals surface area contributed by atoms with Crippen molar-refractivity contribution in [3.8, 4) is 0 Å². The Bertz CT molecular complexity index is 994. The van der Waals surface area contributed by atoms with Crippen LogP contribution in [-0.2, 0) is 16.4 Å². The number of sulfone groups is 1. The van der Waals surface area contributed by atoms with Gasteiger partial charge in [0.05, 0.1) is 24.4 Å². The van der Waals surface area contributed by atoms with Crippen molar-refractivity contribution in [1.82, 2.24) is 9.78 Å². The van der Waals surface area contributed by atoms with E-state index < -0.39 is 27.7 Å². The van der Waals surface area contributed by atoms with Crippen molar-refractivity contribution in [3.05, 3.63) is 12.4 Å². The maximum Gasteiger partial charge on any atom is 0.178 e. The lowest BCUT2D eigenvalue weighted by molar-refractivity contribution is -0.132. The highest BCUT2D eigenvalue weighted by Crippen LogP contribution is 2.65. The molecule has 1 aromatic rings. The summed E-state index contributed by atoms with van der Waals surface area (Å²) < 4.78 is 40.5. The normalized spacial score (nSPS) is 46.3. The van der Waals surface area contributed by atoms with Crippen LogP contribution in [0.15, 0.2) is 17.3 Å². The predicted molar refractivity (Wildman–Crippen MR) is 123 cm³/mol. The lowest BCUT2D eigenvalue weighted by Gasteiger charge is -2.58. The van der Waals surface area contributed by atoms with Crippen molar-refractivity contribution in [2.45, 2.75) is 94.5 Å². The lowest BCUT2D eigenvalue weighted by Crippen LogP contribution is -2.54. The van der Waals surface area contributed by atoms with Gasteiger partial charge >= 0.3 is 0 Å². The quantitative estimate of drug-likeness (QED) is 0.684. The molecule has 0 saturated heterocycles. The minimum Gasteiger partial charge on any atom is -0.391 e. The molecule has 0 bridgehead atoms. The maximum atomic E-state index is 15.4. The second kappa shape index (κ2) is 8.02. The predicted octanol–water partition coefficient (Wildman–Crippen LogP) is 3.62. The third-order valence-corrected chi connectivity index (χ3v) is 11.3. The fourth-order valence-electron chi connectivity index (χ4n) is 8.63. The molecular weight excluding hydrogens is 443 g/mol. The van der Waals surface area contributed by atoms with Crippen LogP contribution in [-0.4, -0.2) is 52.5 Å². The number of aromatic nitrogens is 2. The molecule has 4 saturated carbocycles. The molecule has 8 heteroatoms. The van der Waals surface area contributed by atoms with Crippen molar-refractivity contribution >= 4 is 9.84 Å². The molecular formula is C25H39FN2O4S. The number of alkyl halides is 1. The highest BCUT2D eigenvalue weighted by molar-refractivity contribution is 7.90. The third-order valence-electron chi connectivity index (χ3n) is 10.2. The Balaban J connectivity index is 1.31. The summed E-state index contributed by atoms with van der Waals surface area (Å²) in [6, 6.07) is 0. The Morgan fingerprint density at radius 2 is 1.85 bits per heavy atom. The van der Waals surface area contributed by atoms with E-state index >= 15 is 4.39 Å². The van der Waals surface area contributed by atoms with Crippen molar-refractivity contribution < 1.29 is 23.0 Å². The zero-order chi connectivity index (χ0) is 23.8. The first-order chi connectivity index (χ1) is 15.4. The van der Waals surface area contributed by atoms with E-state index in [1.165, 1.54) is 12.4 Å². The molecule has 10 atom stereocenters. The zero-order valence-corrected chi connectivity index (χ0v) is 20.8. The van der Waals surface area contributed by atoms with Crippen molar-refractivity contribution in [2.24, 2.45) is 40.9 Å². The summed E-state index contributed by atoms with van der Waals surface area (Å²) in [5, 5.41) is 25.9. The number of nitrogens with zero attached hydrogens (tertiary/aromatic N) is 2. The van der Waals surface area contributed by atoms with Crippen LogP contribution >= 0.6 is 0 Å². The van der Waals surface area contributed by atoms with Crippen LogP contribution in [0.1, 0.15) is 65.2 Å². The minimum absolute atomic E-state index is 0.00833. The van der Waals surface area contributed by atoms with Crippen LogP contribution in [0.4, 0.5) is 4.39 Å². The Morgan fingerprint density at radius 1 is 1.15 bits per heavy atom. The summed E-state index contributed by atoms with van der Waals surface area (Å²) in [5.74, 6) is 1.80. The summed E-state index contributed by atoms with van der Waals surface area (Å²) in [4.78, 5) is 0.169. The number of hydrogen-bond acceptors (Lipinski definition) is 5. The van der Waals surface area contributed by atoms with E-state index in [0.717, 1.165) is 44.8 Å². The van der Waals surface area contributed by atoms with Gasteiger partial charge < -0.3 is 10.2 Å². The molecule has 2 N–H and O–H groups in total. The molecule has 0 spiro atoms. The molecule has 0 aromatic carbocycles. The molecule has 1 heterocycles. The first-order valence-electron chi connectivity index (χ1n) is 12.7. The summed E-state index contributed by atoms with van der Waals surface area (Å²) in [6.45, 7) is 4.44. The van der Waals surface area contributed by atoms with E-state index in [1.807, 2.05) is 6.92 Å². The Morgan fingerprint density at radius 3 is 2.55 bits per heavy atom. The van der Waals surface area contributed by atoms with Crippen LogP contribution in [0, 0.1) is 40.9 Å². The van der Waals surface area contributed by atoms with Gasteiger partial charge in [-0.2, -0.15) is 5.10 Å². The Labute approximate surface area is 196 Å². The fourth-order valence-corrected chi connectivity index (χ4v) is 9.18. The van der Waals surface area contributed by atoms with Gasteiger partial charge in [0, 0.05) is 12.5 Å². The number of fused-ring (bicyclic) bond motifs is 5. The Kier molecular flexibility index (Phi) is 5.77. The van der Waals surface area contributed by atoms with Crippen LogP contribution in [0.2, 0.25) is 0 Å². The highest BCUT2D eigenvalue weighted by Gasteiger charge is 2.60. The summed E-state index contributed by atoms with van der Waals surface area (Å²) in [6.07, 6.45) is 9.51. The van der Waals surface area contributed by atoms with Gasteiger partial charge in [0.15, 0.2) is 9.84 Å². The van der Waals surface area contributed by atoms with Crippen LogP contribution < -0.4 is 0 Å². The van der Waals surface area contributed by atoms with Gasteiger partial charge in [-0.05, 0) is 99.2 Å². The average molecular weight is 483 g/mol. The van der Waals surface area contributed by atoms with Gasteiger partial charge in [-0.25, -0.2) is 12.8 Å². The largest absolute Gasteiger partial charge is 0.391 e. The number of rotatable bonds is 4. The molecule has 4 aliphatic carbocycles. The van der Waals surface area contributed by atoms with Crippen molar-refractivity contribution in [2.75, 3.05) is 6.26 Å². The molecule has 0 aliphatic heterocycles. The van der Waals surface area contributed by atoms with E-state index in [4.69, 9.17) is 0 Å². The third kappa shape index (κ3) is 4.08. The summed E-state index contributed by atoms with van der Waals surface area (Å²) in [7, 11) is -3.32. The molecule has 4 aliphatic rings. The van der Waals surface area contributed by atoms with Gasteiger partial charge in [-0.15, -0.1) is 0 Å². The van der Waals surface area contributed by atoms with Gasteiger partial charge in [0.1, 0.15) is 11.1 Å². The van der Waals surface area contributed by atoms with Crippen LogP contribution in [0.25, 0.3) is 0 Å². The van der Waals surface area contributed by atoms with E-state index in [0.29, 0.717) is 36.5 Å². The minimum atomic E-state index is -3.32. The highest BCUT2D eigenvalue weighted by atomic mass is 32.2. The SMILES string of the molecule is C[C@@]1(O)CCC2[C@H]3CC[C@]4(C)[C@@H](C(O)Cn5cc(S(C)(=O)=O)cn5)CC[C@H]4C3C[C@@H](F)[C@H]2C1. The Hall–Kier alpha value is -0.990. The second-order valence-corrected chi connectivity index (χ2v) is 14.2. The molecule has 33 heavy (non-hydrogen) atoms. The first kappa shape index (κ1) is 23.7. The first-order valence-corrected chi connectivity index (χ1v) is 14.6. The number of hydrogen-bond donors (Lipinski definition) is 2. The van der Waals surface area contributed by atoms with E-state index in [-0.39, 0.29) is 28.7 Å². The molecule has 4 fully saturated rings. The van der Waals surface area contributed by atoms with Crippen LogP contribution in [0.5, 0.6) is 0 Å². The topological polar surface area (TPSA) is 92.4 Å². The van der Waals surface area contributed by atoms with E-state index in [1.54, 1.807) is 4.68 Å². The van der Waals surface area contributed by atoms with Gasteiger partial charge in [-0.1, -0.05) is 6.92 Å². The summed E-state index contributed by atoms with van der Waals surface area (Å²) >= 11 is 0. The molecule has 3 unspecified atom stereocenters. The van der Waals surface area contributed by atoms with Crippen LogP contribution in [0.3, 0.4) is 0 Å². The van der Waals surface area contributed by atoms with Gasteiger partial charge in [0.2, 0.25) is 0 Å². The number of aliphatic hydroxyl groups excluding tert-OH is 1. The molecule has 5 rings (SSSR count). The smallest absolute Gasteiger partial charge is 0.178 e. The average Bonchev–Trinajstić information content (AvgIpc) is 3.32. The fraction of sp³-hybridized carbons (Fsp3) is 0.880. The lowest BCUT2D eigenvalue weighted by atomic mass is 9.48. The monoisotopic (exact) mass is 482 g/mol. The van der Waals surface area contributed by atoms with E-state index in [2.05, 4.69) is 12.0 Å².